The van der Waals surface area contributed by atoms with Gasteiger partial charge in [-0.15, -0.1) is 0 Å². The van der Waals surface area contributed by atoms with E-state index >= 15 is 0 Å². The molecule has 5 aliphatic rings. The van der Waals surface area contributed by atoms with Crippen molar-refractivity contribution < 1.29 is 9.59 Å². The SMILES string of the molecule is C[C@@]12CC[C@@H](C[C@H]1C(=O)N1CCSCC1)[C@@]1(C2)NC(=O)c2ccccc2N1. The van der Waals surface area contributed by atoms with Gasteiger partial charge in [-0.2, -0.15) is 11.8 Å². The van der Waals surface area contributed by atoms with Crippen molar-refractivity contribution in [2.45, 2.75) is 38.3 Å². The van der Waals surface area contributed by atoms with Crippen molar-refractivity contribution in [2.75, 3.05) is 29.9 Å². The molecule has 1 saturated heterocycles. The highest BCUT2D eigenvalue weighted by atomic mass is 32.2. The minimum Gasteiger partial charge on any atom is -0.362 e. The number of nitrogens with zero attached hydrogens (tertiary/aromatic N) is 1. The van der Waals surface area contributed by atoms with Crippen LogP contribution in [-0.2, 0) is 4.79 Å². The van der Waals surface area contributed by atoms with Crippen LogP contribution in [0.2, 0.25) is 0 Å². The summed E-state index contributed by atoms with van der Waals surface area (Å²) in [5.41, 5.74) is 1.16. The molecule has 2 bridgehead atoms. The van der Waals surface area contributed by atoms with E-state index in [1.54, 1.807) is 0 Å². The highest BCUT2D eigenvalue weighted by molar-refractivity contribution is 7.99. The molecule has 2 amide bonds. The van der Waals surface area contributed by atoms with Crippen molar-refractivity contribution in [1.29, 1.82) is 0 Å². The van der Waals surface area contributed by atoms with E-state index in [4.69, 9.17) is 0 Å². The molecule has 1 aromatic carbocycles. The van der Waals surface area contributed by atoms with Gasteiger partial charge in [-0.3, -0.25) is 9.59 Å². The fourth-order valence-corrected chi connectivity index (χ4v) is 6.74. The molecule has 3 saturated carbocycles. The van der Waals surface area contributed by atoms with E-state index in [-0.39, 0.29) is 17.2 Å². The van der Waals surface area contributed by atoms with E-state index in [1.807, 2.05) is 36.0 Å². The molecule has 0 radical (unpaired) electrons. The molecule has 144 valence electrons. The Morgan fingerprint density at radius 1 is 1.22 bits per heavy atom. The summed E-state index contributed by atoms with van der Waals surface area (Å²) in [7, 11) is 0. The topological polar surface area (TPSA) is 61.4 Å². The summed E-state index contributed by atoms with van der Waals surface area (Å²) in [6.07, 6.45) is 3.82. The van der Waals surface area contributed by atoms with Gasteiger partial charge < -0.3 is 15.5 Å². The summed E-state index contributed by atoms with van der Waals surface area (Å²) in [6, 6.07) is 7.74. The monoisotopic (exact) mass is 385 g/mol. The second-order valence-corrected chi connectivity index (χ2v) is 10.1. The number of amides is 2. The summed E-state index contributed by atoms with van der Waals surface area (Å²) in [6.45, 7) is 4.03. The third kappa shape index (κ3) is 2.67. The van der Waals surface area contributed by atoms with Crippen LogP contribution in [-0.4, -0.2) is 47.0 Å². The molecular weight excluding hydrogens is 358 g/mol. The van der Waals surface area contributed by atoms with E-state index in [0.29, 0.717) is 17.4 Å². The number of thioether (sulfide) groups is 1. The summed E-state index contributed by atoms with van der Waals surface area (Å²) in [4.78, 5) is 28.2. The van der Waals surface area contributed by atoms with Crippen molar-refractivity contribution in [1.82, 2.24) is 10.2 Å². The lowest BCUT2D eigenvalue weighted by Crippen LogP contribution is -2.70. The molecule has 4 atom stereocenters. The molecule has 5 nitrogen and oxygen atoms in total. The van der Waals surface area contributed by atoms with E-state index in [2.05, 4.69) is 22.5 Å². The molecule has 6 heteroatoms. The first-order chi connectivity index (χ1) is 13.0. The zero-order valence-corrected chi connectivity index (χ0v) is 16.6. The first kappa shape index (κ1) is 17.4. The zero-order chi connectivity index (χ0) is 18.6. The molecule has 0 unspecified atom stereocenters. The number of rotatable bonds is 1. The maximum Gasteiger partial charge on any atom is 0.255 e. The average molecular weight is 386 g/mol. The molecule has 2 N–H and O–H groups in total. The quantitative estimate of drug-likeness (QED) is 0.780. The Morgan fingerprint density at radius 2 is 2.00 bits per heavy atom. The molecule has 2 aliphatic heterocycles. The maximum atomic E-state index is 13.3. The van der Waals surface area contributed by atoms with Gasteiger partial charge in [0.1, 0.15) is 5.66 Å². The fourth-order valence-electron chi connectivity index (χ4n) is 5.83. The van der Waals surface area contributed by atoms with Gasteiger partial charge in [0, 0.05) is 42.1 Å². The minimum absolute atomic E-state index is 0.0106. The van der Waals surface area contributed by atoms with E-state index in [1.165, 1.54) is 0 Å². The first-order valence-corrected chi connectivity index (χ1v) is 11.2. The van der Waals surface area contributed by atoms with Crippen molar-refractivity contribution in [3.63, 3.8) is 0 Å². The van der Waals surface area contributed by atoms with Crippen molar-refractivity contribution in [3.05, 3.63) is 29.8 Å². The van der Waals surface area contributed by atoms with Crippen LogP contribution in [0.25, 0.3) is 0 Å². The van der Waals surface area contributed by atoms with E-state index in [0.717, 1.165) is 56.0 Å². The summed E-state index contributed by atoms with van der Waals surface area (Å²) in [5, 5.41) is 6.98. The number of fused-ring (bicyclic) bond motifs is 3. The number of anilines is 1. The van der Waals surface area contributed by atoms with Gasteiger partial charge in [0.15, 0.2) is 0 Å². The maximum absolute atomic E-state index is 13.3. The van der Waals surface area contributed by atoms with Crippen LogP contribution in [0.5, 0.6) is 0 Å². The van der Waals surface area contributed by atoms with Gasteiger partial charge in [0.05, 0.1) is 5.56 Å². The molecule has 27 heavy (non-hydrogen) atoms. The van der Waals surface area contributed by atoms with E-state index in [9.17, 15) is 9.59 Å². The molecule has 4 fully saturated rings. The molecule has 0 aromatic heterocycles. The summed E-state index contributed by atoms with van der Waals surface area (Å²) in [5.74, 6) is 2.84. The Morgan fingerprint density at radius 3 is 2.78 bits per heavy atom. The van der Waals surface area contributed by atoms with Crippen LogP contribution in [0, 0.1) is 17.3 Å². The third-order valence-corrected chi connectivity index (χ3v) is 8.23. The smallest absolute Gasteiger partial charge is 0.255 e. The van der Waals surface area contributed by atoms with Gasteiger partial charge in [-0.05, 0) is 43.2 Å². The molecule has 6 rings (SSSR count). The van der Waals surface area contributed by atoms with Crippen LogP contribution in [0.1, 0.15) is 43.0 Å². The van der Waals surface area contributed by atoms with Crippen LogP contribution < -0.4 is 10.6 Å². The largest absolute Gasteiger partial charge is 0.362 e. The number of carbonyl (C=O) groups is 2. The van der Waals surface area contributed by atoms with Gasteiger partial charge in [-0.1, -0.05) is 19.1 Å². The molecule has 1 aromatic rings. The van der Waals surface area contributed by atoms with Gasteiger partial charge in [0.2, 0.25) is 5.91 Å². The van der Waals surface area contributed by atoms with Gasteiger partial charge >= 0.3 is 0 Å². The second-order valence-electron chi connectivity index (χ2n) is 8.89. The molecule has 3 aliphatic carbocycles. The Hall–Kier alpha value is -1.69. The number of para-hydroxylation sites is 1. The minimum atomic E-state index is -0.410. The third-order valence-electron chi connectivity index (χ3n) is 7.29. The van der Waals surface area contributed by atoms with Crippen LogP contribution in [0.3, 0.4) is 0 Å². The lowest BCUT2D eigenvalue weighted by Gasteiger charge is -2.61. The van der Waals surface area contributed by atoms with Crippen LogP contribution >= 0.6 is 11.8 Å². The van der Waals surface area contributed by atoms with Gasteiger partial charge in [-0.25, -0.2) is 0 Å². The molecule has 1 spiro atoms. The second kappa shape index (κ2) is 6.16. The number of nitrogens with one attached hydrogen (secondary N) is 2. The predicted octanol–water partition coefficient (Wildman–Crippen LogP) is 2.94. The fraction of sp³-hybridized carbons (Fsp3) is 0.619. The molecular formula is C21H27N3O2S. The molecule has 2 heterocycles. The lowest BCUT2D eigenvalue weighted by molar-refractivity contribution is -0.150. The summed E-state index contributed by atoms with van der Waals surface area (Å²) >= 11 is 1.94. The zero-order valence-electron chi connectivity index (χ0n) is 15.8. The average Bonchev–Trinajstić information content (AvgIpc) is 2.68. The van der Waals surface area contributed by atoms with Crippen molar-refractivity contribution >= 4 is 29.3 Å². The Kier molecular flexibility index (Phi) is 3.97. The Balaban J connectivity index is 1.43. The predicted molar refractivity (Wildman–Crippen MR) is 108 cm³/mol. The summed E-state index contributed by atoms with van der Waals surface area (Å²) < 4.78 is 0. The lowest BCUT2D eigenvalue weighted by atomic mass is 9.51. The highest BCUT2D eigenvalue weighted by Gasteiger charge is 2.60. The Bertz CT molecular complexity index is 793. The highest BCUT2D eigenvalue weighted by Crippen LogP contribution is 2.58. The Labute approximate surface area is 164 Å². The van der Waals surface area contributed by atoms with Gasteiger partial charge in [0.25, 0.3) is 5.91 Å². The van der Waals surface area contributed by atoms with Crippen LogP contribution in [0.15, 0.2) is 24.3 Å². The van der Waals surface area contributed by atoms with Crippen LogP contribution in [0.4, 0.5) is 5.69 Å². The number of hydrogen-bond acceptors (Lipinski definition) is 4. The number of carbonyl (C=O) groups excluding carboxylic acids is 2. The normalized spacial score (nSPS) is 37.5. The first-order valence-electron chi connectivity index (χ1n) is 10.1. The van der Waals surface area contributed by atoms with E-state index < -0.39 is 5.66 Å². The number of hydrogen-bond donors (Lipinski definition) is 2. The number of benzene rings is 1. The standard InChI is InChI=1S/C21H27N3O2S/c1-20-7-6-14(12-16(20)19(26)24-8-10-27-11-9-24)21(13-20)22-17-5-3-2-4-15(17)18(25)23-21/h2-5,14,16,22H,6-13H2,1H3,(H,23,25)/t14-,16-,20-,21+/m0/s1. The van der Waals surface area contributed by atoms with Crippen molar-refractivity contribution in [3.8, 4) is 0 Å². The van der Waals surface area contributed by atoms with Crippen molar-refractivity contribution in [2.24, 2.45) is 17.3 Å².